The molecule has 128 valence electrons. The Hall–Kier alpha value is -1.92. The Morgan fingerprint density at radius 2 is 2.29 bits per heavy atom. The lowest BCUT2D eigenvalue weighted by Crippen LogP contribution is -2.41. The number of urea groups is 1. The highest BCUT2D eigenvalue weighted by atomic mass is 32.1. The number of benzene rings is 1. The normalized spacial score (nSPS) is 16.5. The number of carbonyl (C=O) groups excluding carboxylic acids is 1. The molecule has 0 saturated carbocycles. The van der Waals surface area contributed by atoms with Crippen LogP contribution in [-0.4, -0.2) is 34.2 Å². The standard InChI is InChI=1S/C18H23N3O2S/c1-2-14-12-24-17(19-14)20-18(23)21(10-11-22)16-9-5-7-13-6-3-4-8-15(13)16/h3-4,6,8,12,16,22H,2,5,7,9-11H2,1H3,(H,19,20,23). The van der Waals surface area contributed by atoms with Gasteiger partial charge in [-0.3, -0.25) is 5.32 Å². The number of amides is 2. The van der Waals surface area contributed by atoms with Gasteiger partial charge < -0.3 is 10.0 Å². The van der Waals surface area contributed by atoms with E-state index in [1.165, 1.54) is 22.5 Å². The monoisotopic (exact) mass is 345 g/mol. The van der Waals surface area contributed by atoms with Crippen LogP contribution in [0.25, 0.3) is 0 Å². The van der Waals surface area contributed by atoms with Gasteiger partial charge in [0.25, 0.3) is 0 Å². The number of thiazole rings is 1. The van der Waals surface area contributed by atoms with Gasteiger partial charge in [0.05, 0.1) is 18.3 Å². The Kier molecular flexibility index (Phi) is 5.48. The summed E-state index contributed by atoms with van der Waals surface area (Å²) < 4.78 is 0. The molecule has 1 unspecified atom stereocenters. The van der Waals surface area contributed by atoms with Crippen molar-refractivity contribution in [3.8, 4) is 0 Å². The molecule has 0 spiro atoms. The zero-order valence-corrected chi connectivity index (χ0v) is 14.7. The fraction of sp³-hybridized carbons (Fsp3) is 0.444. The van der Waals surface area contributed by atoms with Crippen molar-refractivity contribution in [3.63, 3.8) is 0 Å². The molecular weight excluding hydrogens is 322 g/mol. The fourth-order valence-corrected chi connectivity index (χ4v) is 4.03. The second-order valence-corrected chi connectivity index (χ2v) is 6.81. The van der Waals surface area contributed by atoms with E-state index in [4.69, 9.17) is 0 Å². The molecule has 3 rings (SSSR count). The maximum atomic E-state index is 12.8. The van der Waals surface area contributed by atoms with Crippen molar-refractivity contribution >= 4 is 22.5 Å². The number of fused-ring (bicyclic) bond motifs is 1. The molecule has 1 aliphatic carbocycles. The van der Waals surface area contributed by atoms with Crippen LogP contribution in [0.2, 0.25) is 0 Å². The van der Waals surface area contributed by atoms with Crippen molar-refractivity contribution in [2.45, 2.75) is 38.6 Å². The van der Waals surface area contributed by atoms with Gasteiger partial charge in [-0.05, 0) is 36.8 Å². The average molecular weight is 345 g/mol. The van der Waals surface area contributed by atoms with Gasteiger partial charge in [-0.1, -0.05) is 31.2 Å². The van der Waals surface area contributed by atoms with Crippen LogP contribution in [0.1, 0.15) is 42.6 Å². The van der Waals surface area contributed by atoms with E-state index in [1.807, 2.05) is 24.4 Å². The van der Waals surface area contributed by atoms with E-state index in [2.05, 4.69) is 22.4 Å². The number of aromatic nitrogens is 1. The number of anilines is 1. The molecule has 1 atom stereocenters. The zero-order chi connectivity index (χ0) is 16.9. The summed E-state index contributed by atoms with van der Waals surface area (Å²) in [6.45, 7) is 2.30. The van der Waals surface area contributed by atoms with E-state index in [1.54, 1.807) is 4.90 Å². The van der Waals surface area contributed by atoms with Gasteiger partial charge in [0.2, 0.25) is 0 Å². The smallest absolute Gasteiger partial charge is 0.324 e. The van der Waals surface area contributed by atoms with Gasteiger partial charge in [0, 0.05) is 11.9 Å². The van der Waals surface area contributed by atoms with Crippen molar-refractivity contribution in [1.29, 1.82) is 0 Å². The molecule has 1 aromatic heterocycles. The minimum atomic E-state index is -0.192. The zero-order valence-electron chi connectivity index (χ0n) is 13.9. The molecular formula is C18H23N3O2S. The summed E-state index contributed by atoms with van der Waals surface area (Å²) in [5, 5.41) is 14.9. The maximum Gasteiger partial charge on any atom is 0.324 e. The van der Waals surface area contributed by atoms with Crippen LogP contribution in [0.15, 0.2) is 29.6 Å². The Labute approximate surface area is 146 Å². The third-order valence-electron chi connectivity index (χ3n) is 4.44. The number of aliphatic hydroxyl groups excluding tert-OH is 1. The van der Waals surface area contributed by atoms with Gasteiger partial charge >= 0.3 is 6.03 Å². The van der Waals surface area contributed by atoms with Gasteiger partial charge in [-0.25, -0.2) is 9.78 Å². The first-order valence-corrected chi connectivity index (χ1v) is 9.31. The third kappa shape index (κ3) is 3.60. The van der Waals surface area contributed by atoms with Crippen molar-refractivity contribution in [3.05, 3.63) is 46.5 Å². The lowest BCUT2D eigenvalue weighted by atomic mass is 9.87. The number of carbonyl (C=O) groups is 1. The highest BCUT2D eigenvalue weighted by molar-refractivity contribution is 7.13. The molecule has 0 bridgehead atoms. The van der Waals surface area contributed by atoms with Gasteiger partial charge in [0.15, 0.2) is 5.13 Å². The predicted molar refractivity (Wildman–Crippen MR) is 96.4 cm³/mol. The van der Waals surface area contributed by atoms with E-state index < -0.39 is 0 Å². The number of aliphatic hydroxyl groups is 1. The summed E-state index contributed by atoms with van der Waals surface area (Å²) in [4.78, 5) is 18.9. The molecule has 1 aliphatic rings. The van der Waals surface area contributed by atoms with Crippen molar-refractivity contribution in [1.82, 2.24) is 9.88 Å². The Morgan fingerprint density at radius 3 is 3.04 bits per heavy atom. The topological polar surface area (TPSA) is 65.5 Å². The lowest BCUT2D eigenvalue weighted by molar-refractivity contribution is 0.155. The molecule has 2 N–H and O–H groups in total. The fourth-order valence-electron chi connectivity index (χ4n) is 3.25. The van der Waals surface area contributed by atoms with Gasteiger partial charge in [-0.2, -0.15) is 0 Å². The first-order chi connectivity index (χ1) is 11.7. The Morgan fingerprint density at radius 1 is 1.46 bits per heavy atom. The summed E-state index contributed by atoms with van der Waals surface area (Å²) in [5.41, 5.74) is 3.47. The quantitative estimate of drug-likeness (QED) is 0.870. The minimum absolute atomic E-state index is 0.00714. The first kappa shape index (κ1) is 16.9. The summed E-state index contributed by atoms with van der Waals surface area (Å²) in [7, 11) is 0. The molecule has 1 heterocycles. The van der Waals surface area contributed by atoms with Crippen LogP contribution < -0.4 is 5.32 Å². The second-order valence-electron chi connectivity index (χ2n) is 5.95. The molecule has 2 amide bonds. The third-order valence-corrected chi connectivity index (χ3v) is 5.25. The summed E-state index contributed by atoms with van der Waals surface area (Å²) in [5.74, 6) is 0. The SMILES string of the molecule is CCc1csc(NC(=O)N(CCO)C2CCCc3ccccc32)n1. The van der Waals surface area contributed by atoms with Crippen molar-refractivity contribution in [2.75, 3.05) is 18.5 Å². The van der Waals surface area contributed by atoms with E-state index in [9.17, 15) is 9.90 Å². The largest absolute Gasteiger partial charge is 0.395 e. The number of hydrogen-bond donors (Lipinski definition) is 2. The van der Waals surface area contributed by atoms with E-state index in [0.717, 1.165) is 31.4 Å². The first-order valence-electron chi connectivity index (χ1n) is 8.43. The summed E-state index contributed by atoms with van der Waals surface area (Å²) in [6, 6.07) is 8.09. The van der Waals surface area contributed by atoms with Crippen molar-refractivity contribution < 1.29 is 9.90 Å². The molecule has 0 radical (unpaired) electrons. The number of nitrogens with zero attached hydrogens (tertiary/aromatic N) is 2. The maximum absolute atomic E-state index is 12.8. The molecule has 0 saturated heterocycles. The average Bonchev–Trinajstić information content (AvgIpc) is 3.07. The minimum Gasteiger partial charge on any atom is -0.395 e. The molecule has 5 nitrogen and oxygen atoms in total. The second kappa shape index (κ2) is 7.77. The number of hydrogen-bond acceptors (Lipinski definition) is 4. The Bertz CT molecular complexity index is 701. The van der Waals surface area contributed by atoms with Crippen LogP contribution in [0.4, 0.5) is 9.93 Å². The van der Waals surface area contributed by atoms with Gasteiger partial charge in [-0.15, -0.1) is 11.3 Å². The number of aryl methyl sites for hydroxylation is 2. The lowest BCUT2D eigenvalue weighted by Gasteiger charge is -2.35. The van der Waals surface area contributed by atoms with Gasteiger partial charge in [0.1, 0.15) is 0 Å². The van der Waals surface area contributed by atoms with Crippen LogP contribution in [0, 0.1) is 0 Å². The molecule has 6 heteroatoms. The van der Waals surface area contributed by atoms with Crippen LogP contribution in [0.5, 0.6) is 0 Å². The van der Waals surface area contributed by atoms with Crippen LogP contribution in [0.3, 0.4) is 0 Å². The molecule has 0 aliphatic heterocycles. The molecule has 0 fully saturated rings. The van der Waals surface area contributed by atoms with Crippen molar-refractivity contribution in [2.24, 2.45) is 0 Å². The van der Waals surface area contributed by atoms with E-state index >= 15 is 0 Å². The summed E-state index contributed by atoms with van der Waals surface area (Å²) >= 11 is 1.44. The highest BCUT2D eigenvalue weighted by Gasteiger charge is 2.29. The number of nitrogens with one attached hydrogen (secondary N) is 1. The molecule has 1 aromatic carbocycles. The van der Waals surface area contributed by atoms with Crippen LogP contribution in [-0.2, 0) is 12.8 Å². The number of rotatable bonds is 5. The predicted octanol–water partition coefficient (Wildman–Crippen LogP) is 3.61. The Balaban J connectivity index is 1.80. The van der Waals surface area contributed by atoms with E-state index in [0.29, 0.717) is 11.7 Å². The molecule has 2 aromatic rings. The van der Waals surface area contributed by atoms with Crippen LogP contribution >= 0.6 is 11.3 Å². The highest BCUT2D eigenvalue weighted by Crippen LogP contribution is 2.34. The van der Waals surface area contributed by atoms with E-state index in [-0.39, 0.29) is 18.7 Å². The molecule has 24 heavy (non-hydrogen) atoms. The summed E-state index contributed by atoms with van der Waals surface area (Å²) in [6.07, 6.45) is 3.87.